The van der Waals surface area contributed by atoms with Crippen LogP contribution in [0, 0.1) is 5.92 Å². The number of thioether (sulfide) groups is 1. The predicted octanol–water partition coefficient (Wildman–Crippen LogP) is 0.157. The molecule has 1 aromatic rings. The van der Waals surface area contributed by atoms with Crippen molar-refractivity contribution in [2.24, 2.45) is 5.92 Å². The number of H-pyrrole nitrogens is 1. The molecule has 0 bridgehead atoms. The quantitative estimate of drug-likeness (QED) is 0.609. The fourth-order valence-corrected chi connectivity index (χ4v) is 4.82. The van der Waals surface area contributed by atoms with E-state index in [0.717, 1.165) is 18.7 Å². The van der Waals surface area contributed by atoms with Crippen molar-refractivity contribution in [1.82, 2.24) is 30.8 Å². The summed E-state index contributed by atoms with van der Waals surface area (Å²) in [4.78, 5) is 14.1. The summed E-state index contributed by atoms with van der Waals surface area (Å²) in [5.41, 5.74) is 2.51. The Morgan fingerprint density at radius 1 is 1.50 bits per heavy atom. The van der Waals surface area contributed by atoms with Crippen LogP contribution in [0.5, 0.6) is 0 Å². The number of carbonyl (C=O) groups excluding carboxylic acids is 1. The number of hydrogen-bond acceptors (Lipinski definition) is 6. The van der Waals surface area contributed by atoms with Gasteiger partial charge in [-0.2, -0.15) is 5.21 Å². The lowest BCUT2D eigenvalue weighted by molar-refractivity contribution is -0.149. The van der Waals surface area contributed by atoms with Crippen molar-refractivity contribution in [3.8, 4) is 0 Å². The van der Waals surface area contributed by atoms with Crippen LogP contribution in [-0.4, -0.2) is 55.3 Å². The van der Waals surface area contributed by atoms with Crippen LogP contribution in [0.2, 0.25) is 0 Å². The Balaban J connectivity index is 1.63. The molecule has 3 aliphatic rings. The van der Waals surface area contributed by atoms with Crippen molar-refractivity contribution in [2.75, 3.05) is 6.54 Å². The molecular weight excluding hydrogens is 276 g/mol. The van der Waals surface area contributed by atoms with E-state index in [-0.39, 0.29) is 17.2 Å². The highest BCUT2D eigenvalue weighted by Crippen LogP contribution is 2.49. The summed E-state index contributed by atoms with van der Waals surface area (Å²) in [5, 5.41) is 18.3. The van der Waals surface area contributed by atoms with Gasteiger partial charge >= 0.3 is 0 Å². The number of piperidine rings is 1. The second-order valence-corrected chi connectivity index (χ2v) is 6.83. The number of hydrogen-bond donors (Lipinski definition) is 2. The smallest absolute Gasteiger partial charge is 0.246 e. The van der Waals surface area contributed by atoms with Crippen LogP contribution in [0.4, 0.5) is 0 Å². The standard InChI is InChI=1S/C12H16N6OS/c1-5-8(6(2)20-12-14-16-17-15-12)7-3-4-13-9-10(7)18(5)11(9)19/h6-7,9-10,13H,3-4H2,1-2H3,(H,14,15,16,17)/t6?,7?,9-,10+/m0/s1. The minimum Gasteiger partial charge on any atom is -0.309 e. The summed E-state index contributed by atoms with van der Waals surface area (Å²) in [5.74, 6) is 0.706. The number of amides is 1. The van der Waals surface area contributed by atoms with Gasteiger partial charge in [-0.15, -0.1) is 10.2 Å². The van der Waals surface area contributed by atoms with Gasteiger partial charge in [0.15, 0.2) is 0 Å². The van der Waals surface area contributed by atoms with Crippen LogP contribution in [0.15, 0.2) is 16.4 Å². The van der Waals surface area contributed by atoms with E-state index in [2.05, 4.69) is 39.8 Å². The third-order valence-electron chi connectivity index (χ3n) is 4.60. The second-order valence-electron chi connectivity index (χ2n) is 5.52. The number of nitrogens with zero attached hydrogens (tertiary/aromatic N) is 4. The fourth-order valence-electron chi connectivity index (χ4n) is 3.85. The van der Waals surface area contributed by atoms with Crippen molar-refractivity contribution >= 4 is 17.7 Å². The zero-order valence-electron chi connectivity index (χ0n) is 11.3. The van der Waals surface area contributed by atoms with Crippen LogP contribution in [0.25, 0.3) is 0 Å². The maximum atomic E-state index is 12.1. The molecule has 20 heavy (non-hydrogen) atoms. The highest BCUT2D eigenvalue weighted by molar-refractivity contribution is 7.99. The molecule has 3 aliphatic heterocycles. The molecule has 4 rings (SSSR count). The van der Waals surface area contributed by atoms with E-state index in [1.54, 1.807) is 11.8 Å². The average Bonchev–Trinajstić information content (AvgIpc) is 3.01. The van der Waals surface area contributed by atoms with Gasteiger partial charge in [0.05, 0.1) is 6.04 Å². The van der Waals surface area contributed by atoms with Crippen LogP contribution in [-0.2, 0) is 4.79 Å². The molecule has 2 fully saturated rings. The molecule has 7 nitrogen and oxygen atoms in total. The molecule has 1 amide bonds. The summed E-state index contributed by atoms with van der Waals surface area (Å²) < 4.78 is 0. The first-order valence-electron chi connectivity index (χ1n) is 6.85. The number of allylic oxidation sites excluding steroid dienone is 1. The Morgan fingerprint density at radius 3 is 3.10 bits per heavy atom. The van der Waals surface area contributed by atoms with Crippen molar-refractivity contribution in [3.63, 3.8) is 0 Å². The molecule has 4 heterocycles. The average molecular weight is 292 g/mol. The normalized spacial score (nSPS) is 33.2. The van der Waals surface area contributed by atoms with Crippen LogP contribution in [0.3, 0.4) is 0 Å². The monoisotopic (exact) mass is 292 g/mol. The van der Waals surface area contributed by atoms with Gasteiger partial charge in [0.1, 0.15) is 6.04 Å². The number of aromatic amines is 1. The van der Waals surface area contributed by atoms with E-state index in [9.17, 15) is 4.79 Å². The summed E-state index contributed by atoms with van der Waals surface area (Å²) in [6.45, 7) is 5.14. The lowest BCUT2D eigenvalue weighted by atomic mass is 9.79. The Kier molecular flexibility index (Phi) is 2.65. The molecule has 0 radical (unpaired) electrons. The van der Waals surface area contributed by atoms with E-state index in [0.29, 0.717) is 17.1 Å². The van der Waals surface area contributed by atoms with Gasteiger partial charge < -0.3 is 10.2 Å². The minimum absolute atomic E-state index is 0.0311. The molecular formula is C12H16N6OS. The van der Waals surface area contributed by atoms with Crippen molar-refractivity contribution in [3.05, 3.63) is 11.3 Å². The van der Waals surface area contributed by atoms with Gasteiger partial charge in [0, 0.05) is 16.9 Å². The molecule has 4 atom stereocenters. The first-order valence-corrected chi connectivity index (χ1v) is 7.73. The molecule has 0 aromatic carbocycles. The van der Waals surface area contributed by atoms with E-state index in [1.807, 2.05) is 4.90 Å². The molecule has 2 unspecified atom stereocenters. The molecule has 0 spiro atoms. The van der Waals surface area contributed by atoms with Gasteiger partial charge in [-0.05, 0) is 37.6 Å². The van der Waals surface area contributed by atoms with Crippen LogP contribution >= 0.6 is 11.8 Å². The maximum Gasteiger partial charge on any atom is 0.246 e. The van der Waals surface area contributed by atoms with E-state index >= 15 is 0 Å². The van der Waals surface area contributed by atoms with Crippen LogP contribution in [0.1, 0.15) is 20.3 Å². The molecule has 1 aromatic heterocycles. The van der Waals surface area contributed by atoms with E-state index in [4.69, 9.17) is 0 Å². The fraction of sp³-hybridized carbons (Fsp3) is 0.667. The highest BCUT2D eigenvalue weighted by Gasteiger charge is 2.59. The predicted molar refractivity (Wildman–Crippen MR) is 72.7 cm³/mol. The lowest BCUT2D eigenvalue weighted by Gasteiger charge is -2.49. The second kappa shape index (κ2) is 4.29. The molecule has 2 saturated heterocycles. The topological polar surface area (TPSA) is 86.8 Å². The molecule has 2 N–H and O–H groups in total. The number of rotatable bonds is 3. The van der Waals surface area contributed by atoms with Gasteiger partial charge in [-0.25, -0.2) is 0 Å². The summed E-state index contributed by atoms with van der Waals surface area (Å²) in [6.07, 6.45) is 1.09. The van der Waals surface area contributed by atoms with Gasteiger partial charge in [-0.3, -0.25) is 4.79 Å². The first-order chi connectivity index (χ1) is 9.68. The summed E-state index contributed by atoms with van der Waals surface area (Å²) in [7, 11) is 0. The van der Waals surface area contributed by atoms with Gasteiger partial charge in [0.2, 0.25) is 11.1 Å². The Morgan fingerprint density at radius 2 is 2.35 bits per heavy atom. The van der Waals surface area contributed by atoms with Crippen molar-refractivity contribution in [2.45, 2.75) is 42.8 Å². The lowest BCUT2D eigenvalue weighted by Crippen LogP contribution is -2.71. The molecule has 106 valence electrons. The van der Waals surface area contributed by atoms with Gasteiger partial charge in [-0.1, -0.05) is 11.8 Å². The van der Waals surface area contributed by atoms with E-state index in [1.165, 1.54) is 5.57 Å². The highest BCUT2D eigenvalue weighted by atomic mass is 32.2. The van der Waals surface area contributed by atoms with Crippen LogP contribution < -0.4 is 5.32 Å². The number of tetrazole rings is 1. The summed E-state index contributed by atoms with van der Waals surface area (Å²) >= 11 is 1.60. The third kappa shape index (κ3) is 1.51. The molecule has 8 heteroatoms. The Hall–Kier alpha value is -1.41. The largest absolute Gasteiger partial charge is 0.309 e. The minimum atomic E-state index is 0.0311. The Bertz CT molecular complexity index is 585. The SMILES string of the molecule is CC1=C(C(C)Sc2nn[nH]n2)C2CCN[C@@H]3C(=O)N1[C@H]23. The van der Waals surface area contributed by atoms with Gasteiger partial charge in [0.25, 0.3) is 0 Å². The molecule has 0 saturated carbocycles. The number of aromatic nitrogens is 4. The third-order valence-corrected chi connectivity index (χ3v) is 5.59. The molecule has 0 aliphatic carbocycles. The zero-order chi connectivity index (χ0) is 13.9. The Labute approximate surface area is 120 Å². The number of nitrogens with one attached hydrogen (secondary N) is 2. The van der Waals surface area contributed by atoms with Crippen molar-refractivity contribution < 1.29 is 4.79 Å². The number of β-lactam (4-membered cyclic amide) rings is 1. The van der Waals surface area contributed by atoms with E-state index < -0.39 is 0 Å². The van der Waals surface area contributed by atoms with Crippen molar-refractivity contribution in [1.29, 1.82) is 0 Å². The summed E-state index contributed by atoms with van der Waals surface area (Å²) in [6, 6.07) is 0.364. The first kappa shape index (κ1) is 12.3. The number of carbonyl (C=O) groups is 1. The maximum absolute atomic E-state index is 12.1. The zero-order valence-corrected chi connectivity index (χ0v) is 12.1.